The molecule has 23 heavy (non-hydrogen) atoms. The topological polar surface area (TPSA) is 16.1 Å². The van der Waals surface area contributed by atoms with Gasteiger partial charge in [0.05, 0.1) is 11.2 Å². The second-order valence-corrected chi connectivity index (χ2v) is 6.54. The molecule has 2 nitrogen and oxygen atoms in total. The van der Waals surface area contributed by atoms with Crippen molar-refractivity contribution in [3.05, 3.63) is 71.4 Å². The molecule has 2 heterocycles. The van der Waals surface area contributed by atoms with Gasteiger partial charge in [0, 0.05) is 29.7 Å². The molecule has 2 aromatic carbocycles. The van der Waals surface area contributed by atoms with Crippen molar-refractivity contribution >= 4 is 28.2 Å². The summed E-state index contributed by atoms with van der Waals surface area (Å²) >= 11 is 6.37. The van der Waals surface area contributed by atoms with Crippen LogP contribution in [0.3, 0.4) is 0 Å². The summed E-state index contributed by atoms with van der Waals surface area (Å²) < 4.78 is 0. The van der Waals surface area contributed by atoms with Gasteiger partial charge in [-0.1, -0.05) is 48.0 Å². The number of nitrogens with zero attached hydrogens (tertiary/aromatic N) is 2. The minimum absolute atomic E-state index is 0.558. The summed E-state index contributed by atoms with van der Waals surface area (Å²) in [5.41, 5.74) is 3.65. The first-order valence-electron chi connectivity index (χ1n) is 8.16. The van der Waals surface area contributed by atoms with E-state index < -0.39 is 0 Å². The predicted octanol–water partition coefficient (Wildman–Crippen LogP) is 5.27. The quantitative estimate of drug-likeness (QED) is 0.638. The Labute approximate surface area is 141 Å². The van der Waals surface area contributed by atoms with Gasteiger partial charge in [-0.25, -0.2) is 0 Å². The average molecular weight is 323 g/mol. The van der Waals surface area contributed by atoms with Gasteiger partial charge in [-0.05, 0) is 42.5 Å². The first-order valence-corrected chi connectivity index (χ1v) is 8.54. The number of benzene rings is 2. The van der Waals surface area contributed by atoms with Gasteiger partial charge in [-0.3, -0.25) is 4.98 Å². The maximum atomic E-state index is 6.37. The van der Waals surface area contributed by atoms with E-state index in [2.05, 4.69) is 46.3 Å². The van der Waals surface area contributed by atoms with Crippen molar-refractivity contribution in [2.24, 2.45) is 0 Å². The number of pyridine rings is 1. The number of rotatable bonds is 2. The number of para-hydroxylation sites is 1. The van der Waals surface area contributed by atoms with E-state index in [0.29, 0.717) is 5.92 Å². The molecule has 0 aliphatic carbocycles. The van der Waals surface area contributed by atoms with Crippen LogP contribution in [-0.2, 0) is 0 Å². The lowest BCUT2D eigenvalue weighted by Crippen LogP contribution is -2.33. The second-order valence-electron chi connectivity index (χ2n) is 6.14. The number of aromatic nitrogens is 1. The number of hydrogen-bond donors (Lipinski definition) is 0. The molecule has 0 N–H and O–H groups in total. The Kier molecular flexibility index (Phi) is 3.92. The highest BCUT2D eigenvalue weighted by Crippen LogP contribution is 2.35. The standard InChI is InChI=1S/C20H19ClN2/c21-18-8-2-1-7-17(18)15-10-13-23(14-11-15)19-9-3-5-16-6-4-12-22-20(16)19/h1-9,12,15H,10-11,13-14H2. The molecule has 1 aliphatic heterocycles. The molecular formula is C20H19ClN2. The van der Waals surface area contributed by atoms with Gasteiger partial charge >= 0.3 is 0 Å². The van der Waals surface area contributed by atoms with Gasteiger partial charge in [-0.15, -0.1) is 0 Å². The Balaban J connectivity index is 1.57. The zero-order valence-electron chi connectivity index (χ0n) is 13.0. The number of halogens is 1. The summed E-state index contributed by atoms with van der Waals surface area (Å²) in [6.45, 7) is 2.09. The fraction of sp³-hybridized carbons (Fsp3) is 0.250. The van der Waals surface area contributed by atoms with Crippen molar-refractivity contribution in [2.75, 3.05) is 18.0 Å². The van der Waals surface area contributed by atoms with Crippen LogP contribution in [0.15, 0.2) is 60.8 Å². The minimum Gasteiger partial charge on any atom is -0.370 e. The van der Waals surface area contributed by atoms with Crippen LogP contribution in [0.2, 0.25) is 5.02 Å². The van der Waals surface area contributed by atoms with E-state index in [1.807, 2.05) is 24.4 Å². The van der Waals surface area contributed by atoms with Crippen LogP contribution in [0.25, 0.3) is 10.9 Å². The van der Waals surface area contributed by atoms with Crippen molar-refractivity contribution < 1.29 is 0 Å². The highest BCUT2D eigenvalue weighted by Gasteiger charge is 2.23. The zero-order chi connectivity index (χ0) is 15.6. The summed E-state index contributed by atoms with van der Waals surface area (Å²) in [4.78, 5) is 7.05. The summed E-state index contributed by atoms with van der Waals surface area (Å²) in [5.74, 6) is 0.558. The van der Waals surface area contributed by atoms with Crippen LogP contribution in [0, 0.1) is 0 Å². The molecule has 0 atom stereocenters. The van der Waals surface area contributed by atoms with Crippen molar-refractivity contribution in [3.8, 4) is 0 Å². The van der Waals surface area contributed by atoms with E-state index in [1.54, 1.807) is 0 Å². The van der Waals surface area contributed by atoms with Crippen LogP contribution in [-0.4, -0.2) is 18.1 Å². The molecule has 1 aromatic heterocycles. The van der Waals surface area contributed by atoms with E-state index in [-0.39, 0.29) is 0 Å². The van der Waals surface area contributed by atoms with E-state index in [4.69, 9.17) is 11.6 Å². The van der Waals surface area contributed by atoms with Crippen LogP contribution in [0.4, 0.5) is 5.69 Å². The molecule has 0 amide bonds. The summed E-state index contributed by atoms with van der Waals surface area (Å²) in [6, 6.07) is 18.8. The molecule has 3 aromatic rings. The Bertz CT molecular complexity index is 817. The highest BCUT2D eigenvalue weighted by atomic mass is 35.5. The van der Waals surface area contributed by atoms with Crippen LogP contribution < -0.4 is 4.90 Å². The summed E-state index contributed by atoms with van der Waals surface area (Å²) in [7, 11) is 0. The lowest BCUT2D eigenvalue weighted by Gasteiger charge is -2.34. The maximum absolute atomic E-state index is 6.37. The molecule has 3 heteroatoms. The molecule has 0 spiro atoms. The molecule has 0 bridgehead atoms. The number of piperidine rings is 1. The summed E-state index contributed by atoms with van der Waals surface area (Å²) in [5, 5.41) is 2.11. The highest BCUT2D eigenvalue weighted by molar-refractivity contribution is 6.31. The van der Waals surface area contributed by atoms with Crippen molar-refractivity contribution in [2.45, 2.75) is 18.8 Å². The van der Waals surface area contributed by atoms with E-state index in [1.165, 1.54) is 16.6 Å². The van der Waals surface area contributed by atoms with Gasteiger partial charge in [0.1, 0.15) is 0 Å². The molecule has 1 fully saturated rings. The van der Waals surface area contributed by atoms with Crippen LogP contribution in [0.1, 0.15) is 24.3 Å². The molecule has 4 rings (SSSR count). The lowest BCUT2D eigenvalue weighted by molar-refractivity contribution is 0.506. The Morgan fingerprint density at radius 2 is 1.70 bits per heavy atom. The average Bonchev–Trinajstić information content (AvgIpc) is 2.62. The third-order valence-electron chi connectivity index (χ3n) is 4.79. The number of anilines is 1. The molecule has 0 unspecified atom stereocenters. The van der Waals surface area contributed by atoms with E-state index in [9.17, 15) is 0 Å². The largest absolute Gasteiger partial charge is 0.370 e. The van der Waals surface area contributed by atoms with Gasteiger partial charge in [0.25, 0.3) is 0 Å². The van der Waals surface area contributed by atoms with Gasteiger partial charge in [0.2, 0.25) is 0 Å². The van der Waals surface area contributed by atoms with Crippen LogP contribution >= 0.6 is 11.6 Å². The fourth-order valence-electron chi connectivity index (χ4n) is 3.58. The van der Waals surface area contributed by atoms with E-state index >= 15 is 0 Å². The van der Waals surface area contributed by atoms with Gasteiger partial charge in [0.15, 0.2) is 0 Å². The van der Waals surface area contributed by atoms with Gasteiger partial charge in [-0.2, -0.15) is 0 Å². The second kappa shape index (κ2) is 6.21. The predicted molar refractivity (Wildman–Crippen MR) is 97.4 cm³/mol. The van der Waals surface area contributed by atoms with Gasteiger partial charge < -0.3 is 4.90 Å². The third kappa shape index (κ3) is 2.79. The molecular weight excluding hydrogens is 304 g/mol. The Hall–Kier alpha value is -2.06. The molecule has 0 radical (unpaired) electrons. The Morgan fingerprint density at radius 3 is 2.52 bits per heavy atom. The zero-order valence-corrected chi connectivity index (χ0v) is 13.7. The number of hydrogen-bond acceptors (Lipinski definition) is 2. The first kappa shape index (κ1) is 14.5. The van der Waals surface area contributed by atoms with E-state index in [0.717, 1.165) is 36.5 Å². The minimum atomic E-state index is 0.558. The third-order valence-corrected chi connectivity index (χ3v) is 5.14. The number of fused-ring (bicyclic) bond motifs is 1. The smallest absolute Gasteiger partial charge is 0.0935 e. The van der Waals surface area contributed by atoms with Crippen molar-refractivity contribution in [3.63, 3.8) is 0 Å². The normalized spacial score (nSPS) is 16.0. The maximum Gasteiger partial charge on any atom is 0.0935 e. The Morgan fingerprint density at radius 1 is 0.913 bits per heavy atom. The SMILES string of the molecule is Clc1ccccc1C1CCN(c2cccc3cccnc23)CC1. The van der Waals surface area contributed by atoms with Crippen LogP contribution in [0.5, 0.6) is 0 Å². The van der Waals surface area contributed by atoms with Crippen molar-refractivity contribution in [1.29, 1.82) is 0 Å². The first-order chi connectivity index (χ1) is 11.3. The summed E-state index contributed by atoms with van der Waals surface area (Å²) in [6.07, 6.45) is 4.14. The molecule has 116 valence electrons. The fourth-order valence-corrected chi connectivity index (χ4v) is 3.87. The lowest BCUT2D eigenvalue weighted by atomic mass is 9.89. The monoisotopic (exact) mass is 322 g/mol. The van der Waals surface area contributed by atoms with Crippen molar-refractivity contribution in [1.82, 2.24) is 4.98 Å². The molecule has 1 aliphatic rings. The molecule has 1 saturated heterocycles. The molecule has 0 saturated carbocycles.